The molecule has 2 heteroatoms. The van der Waals surface area contributed by atoms with Crippen molar-refractivity contribution >= 4 is 10.9 Å². The van der Waals surface area contributed by atoms with Crippen LogP contribution in [-0.4, -0.2) is 4.57 Å². The first-order valence-electron chi connectivity index (χ1n) is 12.0. The molecule has 0 bridgehead atoms. The van der Waals surface area contributed by atoms with Crippen LogP contribution >= 0.6 is 0 Å². The number of benzene rings is 2. The molecule has 0 spiro atoms. The predicted molar refractivity (Wildman–Crippen MR) is 137 cm³/mol. The molecular formula is C30H37N2+. The minimum absolute atomic E-state index is 0.440. The van der Waals surface area contributed by atoms with Gasteiger partial charge in [-0.2, -0.15) is 4.57 Å². The van der Waals surface area contributed by atoms with E-state index in [2.05, 4.69) is 125 Å². The third-order valence-electron chi connectivity index (χ3n) is 6.76. The molecule has 0 saturated heterocycles. The summed E-state index contributed by atoms with van der Waals surface area (Å²) in [6, 6.07) is 20.3. The van der Waals surface area contributed by atoms with Crippen molar-refractivity contribution in [2.75, 3.05) is 0 Å². The fourth-order valence-corrected chi connectivity index (χ4v) is 4.93. The number of nitrogens with zero attached hydrogens (tertiary/aromatic N) is 2. The number of hydrogen-bond donors (Lipinski definition) is 0. The number of aromatic nitrogens is 2. The molecule has 2 aromatic carbocycles. The van der Waals surface area contributed by atoms with E-state index in [1.807, 2.05) is 0 Å². The molecule has 0 unspecified atom stereocenters. The maximum absolute atomic E-state index is 2.54. The molecular weight excluding hydrogens is 388 g/mol. The first-order chi connectivity index (χ1) is 15.2. The van der Waals surface area contributed by atoms with Gasteiger partial charge in [0.2, 0.25) is 5.69 Å². The topological polar surface area (TPSA) is 8.81 Å². The van der Waals surface area contributed by atoms with Gasteiger partial charge in [0.1, 0.15) is 12.7 Å². The van der Waals surface area contributed by atoms with Crippen molar-refractivity contribution in [3.8, 4) is 17.1 Å². The Labute approximate surface area is 193 Å². The second-order valence-corrected chi connectivity index (χ2v) is 10.0. The molecule has 2 heterocycles. The summed E-state index contributed by atoms with van der Waals surface area (Å²) < 4.78 is 4.85. The van der Waals surface area contributed by atoms with Crippen molar-refractivity contribution in [1.29, 1.82) is 0 Å². The molecule has 0 fully saturated rings. The first kappa shape index (κ1) is 22.3. The molecule has 2 nitrogen and oxygen atoms in total. The molecule has 0 aliphatic heterocycles. The number of hydrogen-bond acceptors (Lipinski definition) is 0. The van der Waals surface area contributed by atoms with Gasteiger partial charge in [0.25, 0.3) is 0 Å². The van der Waals surface area contributed by atoms with Crippen LogP contribution in [0.1, 0.15) is 81.5 Å². The van der Waals surface area contributed by atoms with Crippen LogP contribution in [-0.2, 0) is 7.05 Å². The Hall–Kier alpha value is -2.87. The second kappa shape index (κ2) is 8.58. The molecule has 32 heavy (non-hydrogen) atoms. The van der Waals surface area contributed by atoms with Crippen molar-refractivity contribution in [2.45, 2.75) is 66.2 Å². The van der Waals surface area contributed by atoms with E-state index in [0.717, 1.165) is 0 Å². The Bertz CT molecular complexity index is 1250. The van der Waals surface area contributed by atoms with Crippen LogP contribution < -0.4 is 4.57 Å². The fourth-order valence-electron chi connectivity index (χ4n) is 4.93. The lowest BCUT2D eigenvalue weighted by molar-refractivity contribution is -0.661. The van der Waals surface area contributed by atoms with Crippen LogP contribution in [0.4, 0.5) is 0 Å². The third kappa shape index (κ3) is 3.66. The summed E-state index contributed by atoms with van der Waals surface area (Å²) in [4.78, 5) is 0. The number of aryl methyl sites for hydroxylation is 2. The van der Waals surface area contributed by atoms with Crippen LogP contribution in [0.5, 0.6) is 0 Å². The van der Waals surface area contributed by atoms with Crippen LogP contribution in [0.15, 0.2) is 60.8 Å². The van der Waals surface area contributed by atoms with Crippen molar-refractivity contribution in [3.63, 3.8) is 0 Å². The summed E-state index contributed by atoms with van der Waals surface area (Å²) in [5.74, 6) is 1.39. The Balaban J connectivity index is 2.16. The lowest BCUT2D eigenvalue weighted by Crippen LogP contribution is -2.32. The molecule has 0 atom stereocenters. The average Bonchev–Trinajstić information content (AvgIpc) is 3.05. The van der Waals surface area contributed by atoms with Crippen LogP contribution in [0, 0.1) is 6.92 Å². The van der Waals surface area contributed by atoms with E-state index in [1.54, 1.807) is 0 Å². The third-order valence-corrected chi connectivity index (χ3v) is 6.76. The zero-order chi connectivity index (χ0) is 23.2. The number of rotatable bonds is 5. The Morgan fingerprint density at radius 1 is 0.719 bits per heavy atom. The number of pyridine rings is 1. The van der Waals surface area contributed by atoms with Crippen molar-refractivity contribution in [3.05, 3.63) is 83.0 Å². The maximum Gasteiger partial charge on any atom is 0.229 e. The molecule has 0 saturated carbocycles. The van der Waals surface area contributed by atoms with Gasteiger partial charge in [-0.25, -0.2) is 0 Å². The lowest BCUT2D eigenvalue weighted by Gasteiger charge is -2.23. The van der Waals surface area contributed by atoms with Gasteiger partial charge in [0, 0.05) is 17.0 Å². The van der Waals surface area contributed by atoms with Gasteiger partial charge < -0.3 is 4.57 Å². The highest BCUT2D eigenvalue weighted by atomic mass is 15.0. The van der Waals surface area contributed by atoms with E-state index in [1.165, 1.54) is 50.2 Å². The lowest BCUT2D eigenvalue weighted by atomic mass is 9.92. The average molecular weight is 426 g/mol. The normalized spacial score (nSPS) is 12.0. The van der Waals surface area contributed by atoms with Crippen molar-refractivity contribution in [1.82, 2.24) is 4.57 Å². The van der Waals surface area contributed by atoms with Crippen LogP contribution in [0.3, 0.4) is 0 Å². The second-order valence-electron chi connectivity index (χ2n) is 10.0. The molecule has 4 aromatic rings. The molecule has 0 radical (unpaired) electrons. The van der Waals surface area contributed by atoms with Crippen LogP contribution in [0.2, 0.25) is 0 Å². The minimum atomic E-state index is 0.440. The van der Waals surface area contributed by atoms with Gasteiger partial charge in [0.05, 0.1) is 11.2 Å². The zero-order valence-electron chi connectivity index (χ0n) is 20.9. The molecule has 0 aliphatic carbocycles. The first-order valence-corrected chi connectivity index (χ1v) is 12.0. The van der Waals surface area contributed by atoms with Crippen LogP contribution in [0.25, 0.3) is 28.0 Å². The SMILES string of the molecule is Cc1c(-c2ccc(C(C)C)c[n+]2C)n(-c2c(C(C)C)cccc2C(C)C)c2ccccc12. The van der Waals surface area contributed by atoms with E-state index in [9.17, 15) is 0 Å². The molecule has 4 rings (SSSR count). The summed E-state index contributed by atoms with van der Waals surface area (Å²) in [5, 5.41) is 1.32. The smallest absolute Gasteiger partial charge is 0.229 e. The Morgan fingerprint density at radius 3 is 1.91 bits per heavy atom. The molecule has 0 amide bonds. The zero-order valence-corrected chi connectivity index (χ0v) is 20.9. The van der Waals surface area contributed by atoms with E-state index in [-0.39, 0.29) is 0 Å². The van der Waals surface area contributed by atoms with Crippen molar-refractivity contribution in [2.24, 2.45) is 7.05 Å². The molecule has 0 aliphatic rings. The Morgan fingerprint density at radius 2 is 1.34 bits per heavy atom. The molecule has 166 valence electrons. The van der Waals surface area contributed by atoms with E-state index >= 15 is 0 Å². The number of para-hydroxylation sites is 2. The monoisotopic (exact) mass is 425 g/mol. The van der Waals surface area contributed by atoms with Crippen molar-refractivity contribution < 1.29 is 4.57 Å². The van der Waals surface area contributed by atoms with Gasteiger partial charge >= 0.3 is 0 Å². The summed E-state index contributed by atoms with van der Waals surface area (Å²) in [7, 11) is 2.18. The van der Waals surface area contributed by atoms with Gasteiger partial charge in [0.15, 0.2) is 6.20 Å². The summed E-state index contributed by atoms with van der Waals surface area (Å²) >= 11 is 0. The fraction of sp³-hybridized carbons (Fsp3) is 0.367. The van der Waals surface area contributed by atoms with Gasteiger partial charge in [-0.1, -0.05) is 77.9 Å². The summed E-state index contributed by atoms with van der Waals surface area (Å²) in [5.41, 5.74) is 10.7. The largest absolute Gasteiger partial charge is 0.303 e. The predicted octanol–water partition coefficient (Wildman–Crippen LogP) is 7.80. The van der Waals surface area contributed by atoms with Gasteiger partial charge in [-0.15, -0.1) is 0 Å². The van der Waals surface area contributed by atoms with Gasteiger partial charge in [-0.3, -0.25) is 0 Å². The highest BCUT2D eigenvalue weighted by Crippen LogP contribution is 2.40. The Kier molecular flexibility index (Phi) is 5.99. The number of fused-ring (bicyclic) bond motifs is 1. The molecule has 0 N–H and O–H groups in total. The summed E-state index contributed by atoms with van der Waals surface area (Å²) in [6.07, 6.45) is 2.29. The van der Waals surface area contributed by atoms with E-state index in [4.69, 9.17) is 0 Å². The standard InChI is InChI=1S/C30H37N2/c1-19(2)23-16-17-28(31(8)18-23)29-22(7)26-12-9-10-15-27(26)32(29)30-24(20(3)4)13-11-14-25(30)21(5)6/h9-21H,1-8H3/q+1. The highest BCUT2D eigenvalue weighted by molar-refractivity contribution is 5.93. The van der Waals surface area contributed by atoms with E-state index in [0.29, 0.717) is 17.8 Å². The van der Waals surface area contributed by atoms with Gasteiger partial charge in [-0.05, 0) is 53.5 Å². The quantitative estimate of drug-likeness (QED) is 0.288. The van der Waals surface area contributed by atoms with E-state index < -0.39 is 0 Å². The summed E-state index contributed by atoms with van der Waals surface area (Å²) in [6.45, 7) is 16.0. The highest BCUT2D eigenvalue weighted by Gasteiger charge is 2.26. The minimum Gasteiger partial charge on any atom is -0.303 e. The maximum atomic E-state index is 2.54. The molecule has 2 aromatic heterocycles.